The molecule has 0 saturated heterocycles. The Hall–Kier alpha value is -3.06. The van der Waals surface area contributed by atoms with Gasteiger partial charge in [0, 0.05) is 11.3 Å². The molecule has 1 aromatic heterocycles. The molecule has 27 heavy (non-hydrogen) atoms. The lowest BCUT2D eigenvalue weighted by Crippen LogP contribution is -2.22. The van der Waals surface area contributed by atoms with E-state index in [1.807, 2.05) is 13.0 Å². The van der Waals surface area contributed by atoms with E-state index < -0.39 is 10.0 Å². The van der Waals surface area contributed by atoms with Crippen molar-refractivity contribution >= 4 is 21.6 Å². The maximum atomic E-state index is 12.6. The highest BCUT2D eigenvalue weighted by Gasteiger charge is 2.17. The van der Waals surface area contributed by atoms with Gasteiger partial charge in [0.25, 0.3) is 15.9 Å². The van der Waals surface area contributed by atoms with Gasteiger partial charge in [-0.3, -0.25) is 9.52 Å². The van der Waals surface area contributed by atoms with E-state index in [1.54, 1.807) is 61.7 Å². The first kappa shape index (κ1) is 18.7. The van der Waals surface area contributed by atoms with Crippen LogP contribution in [0.25, 0.3) is 0 Å². The minimum Gasteiger partial charge on any atom is -0.467 e. The lowest BCUT2D eigenvalue weighted by molar-refractivity contribution is 0.0948. The van der Waals surface area contributed by atoms with E-state index in [4.69, 9.17) is 4.42 Å². The number of aryl methyl sites for hydroxylation is 2. The number of carbonyl (C=O) groups is 1. The first-order valence-electron chi connectivity index (χ1n) is 8.36. The molecule has 3 aromatic rings. The predicted octanol–water partition coefficient (Wildman–Crippen LogP) is 3.63. The number of furan rings is 1. The maximum Gasteiger partial charge on any atom is 0.262 e. The maximum absolute atomic E-state index is 12.6. The predicted molar refractivity (Wildman–Crippen MR) is 103 cm³/mol. The fourth-order valence-corrected chi connectivity index (χ4v) is 3.97. The Kier molecular flexibility index (Phi) is 5.32. The van der Waals surface area contributed by atoms with Gasteiger partial charge in [-0.05, 0) is 67.4 Å². The zero-order chi connectivity index (χ0) is 19.4. The summed E-state index contributed by atoms with van der Waals surface area (Å²) in [4.78, 5) is 12.4. The van der Waals surface area contributed by atoms with Crippen molar-refractivity contribution in [2.75, 3.05) is 4.72 Å². The van der Waals surface area contributed by atoms with Crippen LogP contribution in [-0.2, 0) is 16.6 Å². The van der Waals surface area contributed by atoms with Crippen molar-refractivity contribution in [1.29, 1.82) is 0 Å². The summed E-state index contributed by atoms with van der Waals surface area (Å²) in [6.07, 6.45) is 1.54. The molecule has 0 atom stereocenters. The van der Waals surface area contributed by atoms with Crippen LogP contribution in [0.2, 0.25) is 0 Å². The van der Waals surface area contributed by atoms with Crippen LogP contribution in [0.1, 0.15) is 27.2 Å². The summed E-state index contributed by atoms with van der Waals surface area (Å²) >= 11 is 0. The average Bonchev–Trinajstić information content (AvgIpc) is 3.15. The molecule has 0 saturated carbocycles. The van der Waals surface area contributed by atoms with Gasteiger partial charge in [0.2, 0.25) is 0 Å². The van der Waals surface area contributed by atoms with Gasteiger partial charge < -0.3 is 9.73 Å². The first-order chi connectivity index (χ1) is 12.8. The Morgan fingerprint density at radius 1 is 1.04 bits per heavy atom. The Bertz CT molecular complexity index is 1040. The van der Waals surface area contributed by atoms with E-state index in [0.717, 1.165) is 5.56 Å². The summed E-state index contributed by atoms with van der Waals surface area (Å²) in [5, 5.41) is 2.74. The van der Waals surface area contributed by atoms with E-state index in [-0.39, 0.29) is 17.3 Å². The molecule has 1 heterocycles. The number of anilines is 1. The summed E-state index contributed by atoms with van der Waals surface area (Å²) in [6.45, 7) is 3.88. The highest BCUT2D eigenvalue weighted by Crippen LogP contribution is 2.21. The lowest BCUT2D eigenvalue weighted by atomic mass is 10.2. The van der Waals surface area contributed by atoms with Gasteiger partial charge in [0.05, 0.1) is 17.7 Å². The normalized spacial score (nSPS) is 11.2. The lowest BCUT2D eigenvalue weighted by Gasteiger charge is -2.11. The summed E-state index contributed by atoms with van der Waals surface area (Å²) in [7, 11) is -3.70. The van der Waals surface area contributed by atoms with Crippen LogP contribution in [0.15, 0.2) is 70.2 Å². The van der Waals surface area contributed by atoms with Crippen LogP contribution in [-0.4, -0.2) is 14.3 Å². The molecule has 1 amide bonds. The highest BCUT2D eigenvalue weighted by molar-refractivity contribution is 7.92. The largest absolute Gasteiger partial charge is 0.467 e. The van der Waals surface area contributed by atoms with Crippen LogP contribution in [0.4, 0.5) is 5.69 Å². The number of amides is 1. The molecule has 2 N–H and O–H groups in total. The molecule has 0 aliphatic rings. The van der Waals surface area contributed by atoms with Gasteiger partial charge in [-0.15, -0.1) is 0 Å². The highest BCUT2D eigenvalue weighted by atomic mass is 32.2. The zero-order valence-electron chi connectivity index (χ0n) is 15.0. The molecule has 0 radical (unpaired) electrons. The standard InChI is InChI=1S/C20H20N2O4S/c1-14-5-6-15(2)19(12-14)27(24,25)22-17-9-7-16(8-10-17)20(23)21-13-18-4-3-11-26-18/h3-12,22H,13H2,1-2H3,(H,21,23). The number of carbonyl (C=O) groups excluding carboxylic acids is 1. The minimum atomic E-state index is -3.70. The molecule has 0 fully saturated rings. The number of benzene rings is 2. The second kappa shape index (κ2) is 7.67. The third kappa shape index (κ3) is 4.57. The van der Waals surface area contributed by atoms with E-state index in [9.17, 15) is 13.2 Å². The molecule has 0 spiro atoms. The molecule has 0 unspecified atom stereocenters. The summed E-state index contributed by atoms with van der Waals surface area (Å²) in [5.41, 5.74) is 2.35. The second-order valence-electron chi connectivity index (χ2n) is 6.21. The Labute approximate surface area is 158 Å². The third-order valence-electron chi connectivity index (χ3n) is 4.04. The minimum absolute atomic E-state index is 0.239. The molecule has 140 valence electrons. The fourth-order valence-electron chi connectivity index (χ4n) is 2.58. The van der Waals surface area contributed by atoms with Gasteiger partial charge in [-0.1, -0.05) is 12.1 Å². The first-order valence-corrected chi connectivity index (χ1v) is 9.84. The van der Waals surface area contributed by atoms with E-state index in [0.29, 0.717) is 22.6 Å². The van der Waals surface area contributed by atoms with Gasteiger partial charge in [0.1, 0.15) is 5.76 Å². The van der Waals surface area contributed by atoms with Crippen molar-refractivity contribution in [3.63, 3.8) is 0 Å². The Morgan fingerprint density at radius 3 is 2.44 bits per heavy atom. The smallest absolute Gasteiger partial charge is 0.262 e. The quantitative estimate of drug-likeness (QED) is 0.679. The van der Waals surface area contributed by atoms with Crippen LogP contribution in [0.3, 0.4) is 0 Å². The topological polar surface area (TPSA) is 88.4 Å². The molecular formula is C20H20N2O4S. The monoisotopic (exact) mass is 384 g/mol. The van der Waals surface area contributed by atoms with E-state index in [1.165, 1.54) is 0 Å². The zero-order valence-corrected chi connectivity index (χ0v) is 15.8. The number of sulfonamides is 1. The molecule has 6 nitrogen and oxygen atoms in total. The molecule has 7 heteroatoms. The molecule has 0 aliphatic carbocycles. The van der Waals surface area contributed by atoms with Crippen molar-refractivity contribution in [3.8, 4) is 0 Å². The van der Waals surface area contributed by atoms with Crippen LogP contribution >= 0.6 is 0 Å². The van der Waals surface area contributed by atoms with Crippen molar-refractivity contribution < 1.29 is 17.6 Å². The molecular weight excluding hydrogens is 364 g/mol. The van der Waals surface area contributed by atoms with E-state index >= 15 is 0 Å². The summed E-state index contributed by atoms with van der Waals surface area (Å²) in [5.74, 6) is 0.386. The molecule has 0 aliphatic heterocycles. The Morgan fingerprint density at radius 2 is 1.78 bits per heavy atom. The number of hydrogen-bond donors (Lipinski definition) is 2. The van der Waals surface area contributed by atoms with Crippen molar-refractivity contribution in [3.05, 3.63) is 83.3 Å². The van der Waals surface area contributed by atoms with Gasteiger partial charge in [0.15, 0.2) is 0 Å². The molecule has 3 rings (SSSR count). The summed E-state index contributed by atoms with van der Waals surface area (Å²) in [6, 6.07) is 15.0. The molecule has 2 aromatic carbocycles. The average molecular weight is 384 g/mol. The second-order valence-corrected chi connectivity index (χ2v) is 7.86. The molecule has 0 bridgehead atoms. The van der Waals surface area contributed by atoms with Crippen molar-refractivity contribution in [2.24, 2.45) is 0 Å². The van der Waals surface area contributed by atoms with Crippen molar-refractivity contribution in [2.45, 2.75) is 25.3 Å². The SMILES string of the molecule is Cc1ccc(C)c(S(=O)(=O)Nc2ccc(C(=O)NCc3ccco3)cc2)c1. The van der Waals surface area contributed by atoms with Gasteiger partial charge in [-0.2, -0.15) is 0 Å². The van der Waals surface area contributed by atoms with Crippen molar-refractivity contribution in [1.82, 2.24) is 5.32 Å². The van der Waals surface area contributed by atoms with Crippen LogP contribution in [0.5, 0.6) is 0 Å². The third-order valence-corrected chi connectivity index (χ3v) is 5.56. The van der Waals surface area contributed by atoms with Gasteiger partial charge in [-0.25, -0.2) is 8.42 Å². The summed E-state index contributed by atoms with van der Waals surface area (Å²) < 4.78 is 33.0. The number of nitrogens with one attached hydrogen (secondary N) is 2. The Balaban J connectivity index is 1.69. The van der Waals surface area contributed by atoms with Crippen LogP contribution in [0, 0.1) is 13.8 Å². The van der Waals surface area contributed by atoms with Gasteiger partial charge >= 0.3 is 0 Å². The number of hydrogen-bond acceptors (Lipinski definition) is 4. The van der Waals surface area contributed by atoms with Crippen LogP contribution < -0.4 is 10.0 Å². The fraction of sp³-hybridized carbons (Fsp3) is 0.150. The number of rotatable bonds is 6. The van der Waals surface area contributed by atoms with E-state index in [2.05, 4.69) is 10.0 Å².